The maximum absolute atomic E-state index is 4.36. The first-order valence-electron chi connectivity index (χ1n) is 6.54. The molecule has 2 aromatic rings. The van der Waals surface area contributed by atoms with Crippen molar-refractivity contribution in [1.29, 1.82) is 0 Å². The second-order valence-corrected chi connectivity index (χ2v) is 4.57. The van der Waals surface area contributed by atoms with Crippen LogP contribution in [-0.2, 0) is 13.1 Å². The maximum atomic E-state index is 4.36. The van der Waals surface area contributed by atoms with Crippen molar-refractivity contribution in [3.8, 4) is 0 Å². The molecule has 0 saturated carbocycles. The molecule has 0 radical (unpaired) electrons. The van der Waals surface area contributed by atoms with Gasteiger partial charge in [0.05, 0.1) is 6.54 Å². The van der Waals surface area contributed by atoms with Crippen LogP contribution < -0.4 is 5.32 Å². The van der Waals surface area contributed by atoms with Gasteiger partial charge in [0.15, 0.2) is 0 Å². The summed E-state index contributed by atoms with van der Waals surface area (Å²) in [4.78, 5) is 4.36. The maximum Gasteiger partial charge on any atom is 0.203 e. The van der Waals surface area contributed by atoms with Gasteiger partial charge in [-0.2, -0.15) is 5.10 Å². The van der Waals surface area contributed by atoms with E-state index in [1.165, 1.54) is 12.8 Å². The lowest BCUT2D eigenvalue weighted by atomic mass is 10.3. The van der Waals surface area contributed by atoms with Crippen LogP contribution in [0.15, 0.2) is 30.9 Å². The van der Waals surface area contributed by atoms with E-state index in [1.54, 1.807) is 6.20 Å². The van der Waals surface area contributed by atoms with Crippen LogP contribution in [0.4, 0.5) is 5.95 Å². The number of hydrogen-bond donors (Lipinski definition) is 1. The number of aryl methyl sites for hydroxylation is 1. The number of hydrogen-bond acceptors (Lipinski definition) is 3. The van der Waals surface area contributed by atoms with Crippen molar-refractivity contribution in [2.24, 2.45) is 0 Å². The summed E-state index contributed by atoms with van der Waals surface area (Å²) < 4.78 is 4.10. The van der Waals surface area contributed by atoms with Gasteiger partial charge < -0.3 is 9.88 Å². The Balaban J connectivity index is 1.90. The third-order valence-electron chi connectivity index (χ3n) is 2.86. The number of nitrogens with zero attached hydrogens (tertiary/aromatic N) is 4. The van der Waals surface area contributed by atoms with Crippen LogP contribution in [-0.4, -0.2) is 25.4 Å². The van der Waals surface area contributed by atoms with E-state index in [-0.39, 0.29) is 0 Å². The normalized spacial score (nSPS) is 12.6. The molecule has 1 atom stereocenters. The summed E-state index contributed by atoms with van der Waals surface area (Å²) in [5.74, 6) is 0.947. The zero-order valence-electron chi connectivity index (χ0n) is 11.1. The van der Waals surface area contributed by atoms with Crippen LogP contribution in [0.3, 0.4) is 0 Å². The molecule has 1 N–H and O–H groups in total. The zero-order valence-corrected chi connectivity index (χ0v) is 11.1. The molecule has 0 spiro atoms. The van der Waals surface area contributed by atoms with E-state index in [0.717, 1.165) is 19.0 Å². The van der Waals surface area contributed by atoms with Gasteiger partial charge in [0, 0.05) is 37.4 Å². The highest BCUT2D eigenvalue weighted by Gasteiger charge is 2.07. The quantitative estimate of drug-likeness (QED) is 0.817. The van der Waals surface area contributed by atoms with Gasteiger partial charge in [0.1, 0.15) is 0 Å². The molecule has 1 unspecified atom stereocenters. The number of aromatic nitrogens is 4. The molecule has 0 aliphatic heterocycles. The van der Waals surface area contributed by atoms with E-state index in [1.807, 2.05) is 29.3 Å². The monoisotopic (exact) mass is 247 g/mol. The zero-order chi connectivity index (χ0) is 12.8. The standard InChI is InChI=1S/C13H21N5/c1-3-4-8-17-10-7-14-13(17)16-12(2)11-18-9-5-6-15-18/h5-7,9-10,12H,3-4,8,11H2,1-2H3,(H,14,16). The Morgan fingerprint density at radius 1 is 1.33 bits per heavy atom. The Bertz CT molecular complexity index is 446. The second kappa shape index (κ2) is 6.23. The lowest BCUT2D eigenvalue weighted by Gasteiger charge is -2.16. The van der Waals surface area contributed by atoms with E-state index < -0.39 is 0 Å². The lowest BCUT2D eigenvalue weighted by Crippen LogP contribution is -2.24. The Morgan fingerprint density at radius 3 is 2.94 bits per heavy atom. The Morgan fingerprint density at radius 2 is 2.22 bits per heavy atom. The van der Waals surface area contributed by atoms with Gasteiger partial charge in [-0.05, 0) is 19.4 Å². The first kappa shape index (κ1) is 12.7. The summed E-state index contributed by atoms with van der Waals surface area (Å²) in [7, 11) is 0. The molecule has 98 valence electrons. The molecular weight excluding hydrogens is 226 g/mol. The predicted molar refractivity (Wildman–Crippen MR) is 72.4 cm³/mol. The molecular formula is C13H21N5. The molecule has 18 heavy (non-hydrogen) atoms. The Hall–Kier alpha value is -1.78. The fourth-order valence-electron chi connectivity index (χ4n) is 1.91. The van der Waals surface area contributed by atoms with Crippen LogP contribution in [0.25, 0.3) is 0 Å². The van der Waals surface area contributed by atoms with Crippen molar-refractivity contribution >= 4 is 5.95 Å². The average Bonchev–Trinajstić information content (AvgIpc) is 2.98. The van der Waals surface area contributed by atoms with Gasteiger partial charge in [-0.15, -0.1) is 0 Å². The van der Waals surface area contributed by atoms with Gasteiger partial charge in [0.2, 0.25) is 5.95 Å². The summed E-state index contributed by atoms with van der Waals surface area (Å²) >= 11 is 0. The van der Waals surface area contributed by atoms with Gasteiger partial charge >= 0.3 is 0 Å². The predicted octanol–water partition coefficient (Wildman–Crippen LogP) is 2.38. The molecule has 0 fully saturated rings. The van der Waals surface area contributed by atoms with Crippen molar-refractivity contribution < 1.29 is 0 Å². The van der Waals surface area contributed by atoms with Gasteiger partial charge in [-0.1, -0.05) is 13.3 Å². The molecule has 2 aromatic heterocycles. The third kappa shape index (κ3) is 3.35. The highest BCUT2D eigenvalue weighted by atomic mass is 15.3. The highest BCUT2D eigenvalue weighted by molar-refractivity contribution is 5.27. The molecule has 5 nitrogen and oxygen atoms in total. The molecule has 0 saturated heterocycles. The van der Waals surface area contributed by atoms with Crippen molar-refractivity contribution in [2.75, 3.05) is 5.32 Å². The van der Waals surface area contributed by atoms with Crippen LogP contribution >= 0.6 is 0 Å². The topological polar surface area (TPSA) is 47.7 Å². The van der Waals surface area contributed by atoms with Crippen LogP contribution in [0, 0.1) is 0 Å². The molecule has 0 bridgehead atoms. The fraction of sp³-hybridized carbons (Fsp3) is 0.538. The molecule has 0 aliphatic rings. The van der Waals surface area contributed by atoms with E-state index in [0.29, 0.717) is 6.04 Å². The number of anilines is 1. The first-order chi connectivity index (χ1) is 8.79. The number of rotatable bonds is 7. The third-order valence-corrected chi connectivity index (χ3v) is 2.86. The van der Waals surface area contributed by atoms with Crippen molar-refractivity contribution in [3.05, 3.63) is 30.9 Å². The molecule has 5 heteroatoms. The van der Waals surface area contributed by atoms with E-state index in [9.17, 15) is 0 Å². The number of nitrogens with one attached hydrogen (secondary N) is 1. The van der Waals surface area contributed by atoms with Crippen molar-refractivity contribution in [3.63, 3.8) is 0 Å². The van der Waals surface area contributed by atoms with E-state index >= 15 is 0 Å². The lowest BCUT2D eigenvalue weighted by molar-refractivity contribution is 0.551. The Labute approximate surface area is 108 Å². The minimum absolute atomic E-state index is 0.299. The average molecular weight is 247 g/mol. The van der Waals surface area contributed by atoms with Crippen molar-refractivity contribution in [2.45, 2.75) is 45.8 Å². The fourth-order valence-corrected chi connectivity index (χ4v) is 1.91. The smallest absolute Gasteiger partial charge is 0.203 e. The van der Waals surface area contributed by atoms with E-state index in [4.69, 9.17) is 0 Å². The number of unbranched alkanes of at least 4 members (excludes halogenated alkanes) is 1. The minimum Gasteiger partial charge on any atom is -0.351 e. The SMILES string of the molecule is CCCCn1ccnc1NC(C)Cn1cccn1. The summed E-state index contributed by atoms with van der Waals surface area (Å²) in [6.07, 6.45) is 10.0. The summed E-state index contributed by atoms with van der Waals surface area (Å²) in [6, 6.07) is 2.24. The molecule has 2 heterocycles. The van der Waals surface area contributed by atoms with Crippen LogP contribution in [0.5, 0.6) is 0 Å². The summed E-state index contributed by atoms with van der Waals surface area (Å²) in [6.45, 7) is 6.20. The van der Waals surface area contributed by atoms with Crippen LogP contribution in [0.1, 0.15) is 26.7 Å². The highest BCUT2D eigenvalue weighted by Crippen LogP contribution is 2.08. The summed E-state index contributed by atoms with van der Waals surface area (Å²) in [5.41, 5.74) is 0. The minimum atomic E-state index is 0.299. The number of imidazole rings is 1. The van der Waals surface area contributed by atoms with Crippen molar-refractivity contribution in [1.82, 2.24) is 19.3 Å². The first-order valence-corrected chi connectivity index (χ1v) is 6.54. The second-order valence-electron chi connectivity index (χ2n) is 4.57. The van der Waals surface area contributed by atoms with Gasteiger partial charge in [-0.25, -0.2) is 4.98 Å². The van der Waals surface area contributed by atoms with E-state index in [2.05, 4.69) is 33.8 Å². The van der Waals surface area contributed by atoms with Crippen LogP contribution in [0.2, 0.25) is 0 Å². The molecule has 0 aromatic carbocycles. The summed E-state index contributed by atoms with van der Waals surface area (Å²) in [5, 5.41) is 7.64. The van der Waals surface area contributed by atoms with Gasteiger partial charge in [0.25, 0.3) is 0 Å². The molecule has 0 aliphatic carbocycles. The molecule has 2 rings (SSSR count). The molecule has 0 amide bonds. The Kier molecular flexibility index (Phi) is 4.39. The van der Waals surface area contributed by atoms with Gasteiger partial charge in [-0.3, -0.25) is 4.68 Å². The largest absolute Gasteiger partial charge is 0.351 e.